The fourth-order valence-corrected chi connectivity index (χ4v) is 3.52. The summed E-state index contributed by atoms with van der Waals surface area (Å²) >= 11 is 0. The molecule has 2 rings (SSSR count). The molecule has 0 spiro atoms. The first kappa shape index (κ1) is 15.5. The van der Waals surface area contributed by atoms with Gasteiger partial charge in [0.2, 0.25) is 0 Å². The molecule has 1 aromatic rings. The van der Waals surface area contributed by atoms with Crippen LogP contribution in [0.1, 0.15) is 75.8 Å². The highest BCUT2D eigenvalue weighted by Crippen LogP contribution is 2.37. The van der Waals surface area contributed by atoms with Gasteiger partial charge >= 0.3 is 0 Å². The summed E-state index contributed by atoms with van der Waals surface area (Å²) in [6, 6.07) is 8.75. The molecule has 0 bridgehead atoms. The lowest BCUT2D eigenvalue weighted by Gasteiger charge is -2.28. The lowest BCUT2D eigenvalue weighted by molar-refractivity contribution is 0.308. The van der Waals surface area contributed by atoms with Gasteiger partial charge in [0.05, 0.1) is 0 Å². The molecule has 0 nitrogen and oxygen atoms in total. The number of alkyl halides is 1. The van der Waals surface area contributed by atoms with E-state index < -0.39 is 6.17 Å². The van der Waals surface area contributed by atoms with Crippen LogP contribution >= 0.6 is 0 Å². The van der Waals surface area contributed by atoms with Crippen molar-refractivity contribution in [3.63, 3.8) is 0 Å². The molecule has 20 heavy (non-hydrogen) atoms. The Morgan fingerprint density at radius 1 is 1.05 bits per heavy atom. The molecule has 112 valence electrons. The maximum absolute atomic E-state index is 13.4. The van der Waals surface area contributed by atoms with Gasteiger partial charge < -0.3 is 0 Å². The molecule has 0 heterocycles. The smallest absolute Gasteiger partial charge is 0.104 e. The highest BCUT2D eigenvalue weighted by Gasteiger charge is 2.21. The third-order valence-electron chi connectivity index (χ3n) is 4.89. The minimum Gasteiger partial charge on any atom is -0.247 e. The average molecular weight is 276 g/mol. The molecule has 1 aliphatic rings. The highest BCUT2D eigenvalue weighted by molar-refractivity contribution is 5.26. The third kappa shape index (κ3) is 4.33. The third-order valence-corrected chi connectivity index (χ3v) is 4.89. The second kappa shape index (κ2) is 7.81. The van der Waals surface area contributed by atoms with Crippen LogP contribution in [0, 0.1) is 5.92 Å². The molecule has 1 heteroatoms. The Kier molecular flexibility index (Phi) is 6.06. The Balaban J connectivity index is 1.87. The first-order valence-corrected chi connectivity index (χ1v) is 8.45. The van der Waals surface area contributed by atoms with E-state index in [0.29, 0.717) is 12.8 Å². The summed E-state index contributed by atoms with van der Waals surface area (Å²) in [6.45, 7) is 4.20. The number of benzene rings is 1. The number of rotatable bonds is 6. The number of hydrogen-bond donors (Lipinski definition) is 0. The van der Waals surface area contributed by atoms with Crippen LogP contribution in [0.3, 0.4) is 0 Å². The van der Waals surface area contributed by atoms with Crippen LogP contribution in [0.4, 0.5) is 4.39 Å². The zero-order valence-electron chi connectivity index (χ0n) is 13.1. The van der Waals surface area contributed by atoms with E-state index >= 15 is 0 Å². The van der Waals surface area contributed by atoms with Crippen LogP contribution in [0.25, 0.3) is 0 Å². The van der Waals surface area contributed by atoms with E-state index in [1.165, 1.54) is 44.1 Å². The predicted octanol–water partition coefficient (Wildman–Crippen LogP) is 6.05. The Morgan fingerprint density at radius 3 is 2.25 bits per heavy atom. The van der Waals surface area contributed by atoms with E-state index in [4.69, 9.17) is 0 Å². The summed E-state index contributed by atoms with van der Waals surface area (Å²) in [4.78, 5) is 0. The van der Waals surface area contributed by atoms with Crippen LogP contribution in [0.15, 0.2) is 24.3 Å². The molecule has 1 atom stereocenters. The van der Waals surface area contributed by atoms with Gasteiger partial charge in [-0.25, -0.2) is 4.39 Å². The standard InChI is InChI=1S/C19H29F/c1-3-5-15-6-10-17(11-7-15)18-12-8-16(9-13-18)14-19(20)4-2/h8-9,12-13,15,17,19H,3-7,10-11,14H2,1-2H3. The van der Waals surface area contributed by atoms with Gasteiger partial charge in [-0.2, -0.15) is 0 Å². The number of halogens is 1. The fraction of sp³-hybridized carbons (Fsp3) is 0.684. The fourth-order valence-electron chi connectivity index (χ4n) is 3.52. The molecule has 0 aliphatic heterocycles. The first-order chi connectivity index (χ1) is 9.72. The van der Waals surface area contributed by atoms with Crippen molar-refractivity contribution in [3.05, 3.63) is 35.4 Å². The monoisotopic (exact) mass is 276 g/mol. The van der Waals surface area contributed by atoms with Gasteiger partial charge in [0, 0.05) is 6.42 Å². The Morgan fingerprint density at radius 2 is 1.70 bits per heavy atom. The first-order valence-electron chi connectivity index (χ1n) is 8.45. The lowest BCUT2D eigenvalue weighted by atomic mass is 9.77. The average Bonchev–Trinajstić information content (AvgIpc) is 2.49. The summed E-state index contributed by atoms with van der Waals surface area (Å²) in [5.74, 6) is 1.71. The van der Waals surface area contributed by atoms with Crippen molar-refractivity contribution in [1.82, 2.24) is 0 Å². The molecule has 1 aromatic carbocycles. The summed E-state index contributed by atoms with van der Waals surface area (Å²) in [5.41, 5.74) is 2.61. The van der Waals surface area contributed by atoms with Crippen LogP contribution in [-0.2, 0) is 6.42 Å². The Hall–Kier alpha value is -0.850. The van der Waals surface area contributed by atoms with Gasteiger partial charge in [-0.05, 0) is 55.1 Å². The molecule has 1 fully saturated rings. The van der Waals surface area contributed by atoms with E-state index in [-0.39, 0.29) is 0 Å². The summed E-state index contributed by atoms with van der Waals surface area (Å²) in [6.07, 6.45) is 8.68. The van der Waals surface area contributed by atoms with E-state index in [0.717, 1.165) is 17.4 Å². The van der Waals surface area contributed by atoms with Crippen molar-refractivity contribution in [1.29, 1.82) is 0 Å². The van der Waals surface area contributed by atoms with E-state index in [1.807, 2.05) is 6.92 Å². The lowest BCUT2D eigenvalue weighted by Crippen LogP contribution is -2.13. The normalized spacial score (nSPS) is 24.6. The quantitative estimate of drug-likeness (QED) is 0.593. The van der Waals surface area contributed by atoms with Crippen molar-refractivity contribution in [2.75, 3.05) is 0 Å². The minimum atomic E-state index is -0.690. The van der Waals surface area contributed by atoms with Crippen LogP contribution in [-0.4, -0.2) is 6.17 Å². The van der Waals surface area contributed by atoms with Gasteiger partial charge in [-0.15, -0.1) is 0 Å². The van der Waals surface area contributed by atoms with E-state index in [2.05, 4.69) is 31.2 Å². The maximum Gasteiger partial charge on any atom is 0.104 e. The Labute approximate surface area is 123 Å². The van der Waals surface area contributed by atoms with Crippen LogP contribution in [0.2, 0.25) is 0 Å². The SMILES string of the molecule is CCCC1CCC(c2ccc(CC(F)CC)cc2)CC1. The molecular formula is C19H29F. The van der Waals surface area contributed by atoms with E-state index in [1.54, 1.807) is 0 Å². The van der Waals surface area contributed by atoms with Gasteiger partial charge in [0.15, 0.2) is 0 Å². The molecule has 1 unspecified atom stereocenters. The molecule has 0 N–H and O–H groups in total. The van der Waals surface area contributed by atoms with Crippen molar-refractivity contribution in [2.45, 2.75) is 77.3 Å². The second-order valence-corrected chi connectivity index (χ2v) is 6.46. The topological polar surface area (TPSA) is 0 Å². The minimum absolute atomic E-state index is 0.569. The van der Waals surface area contributed by atoms with Crippen molar-refractivity contribution in [3.8, 4) is 0 Å². The zero-order valence-corrected chi connectivity index (χ0v) is 13.1. The molecule has 1 aliphatic carbocycles. The molecule has 0 radical (unpaired) electrons. The van der Waals surface area contributed by atoms with E-state index in [9.17, 15) is 4.39 Å². The second-order valence-electron chi connectivity index (χ2n) is 6.46. The molecule has 1 saturated carbocycles. The maximum atomic E-state index is 13.4. The summed E-state index contributed by atoms with van der Waals surface area (Å²) in [7, 11) is 0. The predicted molar refractivity (Wildman–Crippen MR) is 84.9 cm³/mol. The molecular weight excluding hydrogens is 247 g/mol. The summed E-state index contributed by atoms with van der Waals surface area (Å²) in [5, 5.41) is 0. The molecule has 0 aromatic heterocycles. The van der Waals surface area contributed by atoms with Crippen molar-refractivity contribution >= 4 is 0 Å². The highest BCUT2D eigenvalue weighted by atomic mass is 19.1. The van der Waals surface area contributed by atoms with Gasteiger partial charge in [-0.1, -0.05) is 51.0 Å². The number of hydrogen-bond acceptors (Lipinski definition) is 0. The van der Waals surface area contributed by atoms with Gasteiger partial charge in [-0.3, -0.25) is 0 Å². The molecule has 0 amide bonds. The Bertz CT molecular complexity index is 373. The van der Waals surface area contributed by atoms with Gasteiger partial charge in [0.1, 0.15) is 6.17 Å². The summed E-state index contributed by atoms with van der Waals surface area (Å²) < 4.78 is 13.4. The van der Waals surface area contributed by atoms with Crippen LogP contribution < -0.4 is 0 Å². The largest absolute Gasteiger partial charge is 0.247 e. The van der Waals surface area contributed by atoms with Crippen LogP contribution in [0.5, 0.6) is 0 Å². The zero-order chi connectivity index (χ0) is 14.4. The molecule has 0 saturated heterocycles. The van der Waals surface area contributed by atoms with Gasteiger partial charge in [0.25, 0.3) is 0 Å². The van der Waals surface area contributed by atoms with Crippen molar-refractivity contribution in [2.24, 2.45) is 5.92 Å². The van der Waals surface area contributed by atoms with Crippen molar-refractivity contribution < 1.29 is 4.39 Å².